The summed E-state index contributed by atoms with van der Waals surface area (Å²) in [6, 6.07) is 4.55. The monoisotopic (exact) mass is 441 g/mol. The first kappa shape index (κ1) is 22.4. The highest BCUT2D eigenvalue weighted by molar-refractivity contribution is 5.86. The Kier molecular flexibility index (Phi) is 7.00. The molecule has 3 rings (SSSR count). The Morgan fingerprint density at radius 2 is 2.06 bits per heavy atom. The lowest BCUT2D eigenvalue weighted by atomic mass is 10.2. The first-order chi connectivity index (χ1) is 14.8. The Balaban J connectivity index is 1.66. The van der Waals surface area contributed by atoms with Gasteiger partial charge < -0.3 is 15.2 Å². The number of halogens is 4. The fourth-order valence-corrected chi connectivity index (χ4v) is 2.68. The molecule has 3 aromatic heterocycles. The molecule has 0 atom stereocenters. The fraction of sp³-hybridized carbons (Fsp3) is 0.368. The zero-order valence-electron chi connectivity index (χ0n) is 16.1. The number of aromatic nitrogens is 4. The molecule has 0 spiro atoms. The summed E-state index contributed by atoms with van der Waals surface area (Å²) in [4.78, 5) is 20.2. The molecular weight excluding hydrogens is 422 g/mol. The highest BCUT2D eigenvalue weighted by atomic mass is 19.3. The summed E-state index contributed by atoms with van der Waals surface area (Å²) >= 11 is 0. The number of aliphatic hydroxyl groups excluding tert-OH is 1. The molecule has 0 saturated heterocycles. The predicted molar refractivity (Wildman–Crippen MR) is 101 cm³/mol. The van der Waals surface area contributed by atoms with E-state index in [1.165, 1.54) is 24.5 Å². The maximum absolute atomic E-state index is 12.9. The quantitative estimate of drug-likeness (QED) is 0.466. The minimum atomic E-state index is -4.24. The third-order valence-corrected chi connectivity index (χ3v) is 4.20. The lowest BCUT2D eigenvalue weighted by Crippen LogP contribution is -2.33. The Morgan fingerprint density at radius 3 is 2.74 bits per heavy atom. The van der Waals surface area contributed by atoms with Crippen molar-refractivity contribution in [2.24, 2.45) is 0 Å². The third-order valence-electron chi connectivity index (χ3n) is 4.20. The van der Waals surface area contributed by atoms with E-state index in [1.807, 2.05) is 0 Å². The van der Waals surface area contributed by atoms with E-state index in [4.69, 9.17) is 5.11 Å². The molecular formula is C19H19F4N5O3. The third kappa shape index (κ3) is 5.87. The Hall–Kier alpha value is -3.28. The summed E-state index contributed by atoms with van der Waals surface area (Å²) in [7, 11) is 0. The van der Waals surface area contributed by atoms with Crippen molar-refractivity contribution >= 4 is 16.8 Å². The van der Waals surface area contributed by atoms with Gasteiger partial charge in [-0.3, -0.25) is 19.4 Å². The van der Waals surface area contributed by atoms with Crippen LogP contribution in [-0.2, 0) is 17.8 Å². The molecule has 3 heterocycles. The van der Waals surface area contributed by atoms with Crippen LogP contribution in [0.2, 0.25) is 0 Å². The molecule has 31 heavy (non-hydrogen) atoms. The molecule has 0 fully saturated rings. The van der Waals surface area contributed by atoms with Gasteiger partial charge in [0.2, 0.25) is 5.91 Å². The van der Waals surface area contributed by atoms with Crippen molar-refractivity contribution in [2.75, 3.05) is 19.8 Å². The van der Waals surface area contributed by atoms with Gasteiger partial charge in [0.15, 0.2) is 6.61 Å². The minimum Gasteiger partial charge on any atom is -0.485 e. The number of nitrogens with zero attached hydrogens (tertiary/aromatic N) is 4. The molecule has 2 N–H and O–H groups in total. The minimum absolute atomic E-state index is 0.0244. The zero-order chi connectivity index (χ0) is 22.4. The van der Waals surface area contributed by atoms with E-state index >= 15 is 0 Å². The Morgan fingerprint density at radius 1 is 1.26 bits per heavy atom. The molecule has 1 amide bonds. The number of nitrogens with one attached hydrogen (secondary N) is 1. The van der Waals surface area contributed by atoms with Crippen molar-refractivity contribution in [1.29, 1.82) is 0 Å². The lowest BCUT2D eigenvalue weighted by molar-refractivity contribution is -0.148. The van der Waals surface area contributed by atoms with Crippen LogP contribution in [0.4, 0.5) is 17.6 Å². The first-order valence-corrected chi connectivity index (χ1v) is 9.21. The number of amides is 1. The number of rotatable bonds is 10. The van der Waals surface area contributed by atoms with Gasteiger partial charge in [0.1, 0.15) is 5.75 Å². The molecule has 166 valence electrons. The van der Waals surface area contributed by atoms with Crippen LogP contribution in [0.25, 0.3) is 10.9 Å². The number of pyridine rings is 2. The molecule has 0 radical (unpaired) electrons. The van der Waals surface area contributed by atoms with Crippen LogP contribution in [0, 0.1) is 0 Å². The van der Waals surface area contributed by atoms with Crippen LogP contribution in [0.15, 0.2) is 36.8 Å². The second-order valence-corrected chi connectivity index (χ2v) is 6.60. The van der Waals surface area contributed by atoms with Gasteiger partial charge >= 0.3 is 12.3 Å². The van der Waals surface area contributed by atoms with Gasteiger partial charge in [-0.05, 0) is 18.2 Å². The number of ether oxygens (including phenoxy) is 1. The summed E-state index contributed by atoms with van der Waals surface area (Å²) in [5, 5.41) is 16.4. The van der Waals surface area contributed by atoms with Crippen molar-refractivity contribution < 1.29 is 32.2 Å². The van der Waals surface area contributed by atoms with Crippen LogP contribution in [-0.4, -0.2) is 62.9 Å². The van der Waals surface area contributed by atoms with Crippen molar-refractivity contribution in [2.45, 2.75) is 25.3 Å². The molecule has 0 aromatic carbocycles. The second kappa shape index (κ2) is 9.69. The van der Waals surface area contributed by atoms with Crippen LogP contribution in [0.1, 0.15) is 11.4 Å². The van der Waals surface area contributed by atoms with Crippen molar-refractivity contribution in [3.8, 4) is 5.75 Å². The van der Waals surface area contributed by atoms with Crippen molar-refractivity contribution in [1.82, 2.24) is 25.1 Å². The smallest absolute Gasteiger partial charge is 0.340 e. The summed E-state index contributed by atoms with van der Waals surface area (Å²) in [6.45, 7) is -1.22. The van der Waals surface area contributed by atoms with Crippen LogP contribution < -0.4 is 10.1 Å². The van der Waals surface area contributed by atoms with Gasteiger partial charge in [0.05, 0.1) is 42.7 Å². The molecule has 8 nitrogen and oxygen atoms in total. The van der Waals surface area contributed by atoms with Gasteiger partial charge in [-0.1, -0.05) is 0 Å². The van der Waals surface area contributed by atoms with Crippen molar-refractivity contribution in [3.05, 3.63) is 48.2 Å². The lowest BCUT2D eigenvalue weighted by Gasteiger charge is -2.15. The number of fused-ring (bicyclic) bond motifs is 1. The van der Waals surface area contributed by atoms with E-state index < -0.39 is 19.0 Å². The normalized spacial score (nSPS) is 11.8. The Labute approximate surface area is 173 Å². The second-order valence-electron chi connectivity index (χ2n) is 6.60. The van der Waals surface area contributed by atoms with E-state index in [1.54, 1.807) is 16.9 Å². The highest BCUT2D eigenvalue weighted by Crippen LogP contribution is 2.24. The number of hydrogen-bond donors (Lipinski definition) is 2. The number of carbonyl (C=O) groups is 1. The van der Waals surface area contributed by atoms with Gasteiger partial charge in [-0.25, -0.2) is 8.78 Å². The topological polar surface area (TPSA) is 102 Å². The molecule has 12 heteroatoms. The predicted octanol–water partition coefficient (Wildman–Crippen LogP) is 1.80. The Bertz CT molecular complexity index is 1030. The SMILES string of the molecule is O=C(Cc1nccc2nn(Cc3ccc(OCC(F)(F)C(F)F)cn3)cc12)NCCO. The molecule has 0 saturated carbocycles. The molecule has 0 aliphatic heterocycles. The first-order valence-electron chi connectivity index (χ1n) is 9.21. The molecule has 3 aromatic rings. The number of hydrogen-bond acceptors (Lipinski definition) is 6. The average Bonchev–Trinajstić information content (AvgIpc) is 3.15. The van der Waals surface area contributed by atoms with Gasteiger partial charge in [-0.15, -0.1) is 0 Å². The highest BCUT2D eigenvalue weighted by Gasteiger charge is 2.41. The van der Waals surface area contributed by atoms with Crippen molar-refractivity contribution in [3.63, 3.8) is 0 Å². The number of carbonyl (C=O) groups excluding carboxylic acids is 1. The summed E-state index contributed by atoms with van der Waals surface area (Å²) in [5.41, 5.74) is 1.67. The average molecular weight is 441 g/mol. The van der Waals surface area contributed by atoms with Gasteiger partial charge in [0, 0.05) is 24.3 Å². The summed E-state index contributed by atoms with van der Waals surface area (Å²) < 4.78 is 56.5. The standard InChI is InChI=1S/C19H19F4N5O3/c20-18(21)19(22,23)11-31-13-2-1-12(26-8-13)9-28-10-14-15(27-28)3-4-24-16(14)7-17(30)25-5-6-29/h1-4,8,10,18,29H,5-7,9,11H2,(H,25,30). The van der Waals surface area contributed by atoms with Crippen LogP contribution in [0.3, 0.4) is 0 Å². The summed E-state index contributed by atoms with van der Waals surface area (Å²) in [6.07, 6.45) is 0.615. The van der Waals surface area contributed by atoms with E-state index in [0.29, 0.717) is 22.3 Å². The maximum Gasteiger partial charge on any atom is 0.340 e. The number of alkyl halides is 4. The van der Waals surface area contributed by atoms with E-state index in [-0.39, 0.29) is 37.8 Å². The van der Waals surface area contributed by atoms with E-state index in [2.05, 4.69) is 25.1 Å². The number of aliphatic hydroxyl groups is 1. The van der Waals surface area contributed by atoms with E-state index in [9.17, 15) is 22.4 Å². The maximum atomic E-state index is 12.9. The molecule has 0 aliphatic carbocycles. The fourth-order valence-electron chi connectivity index (χ4n) is 2.68. The van der Waals surface area contributed by atoms with E-state index in [0.717, 1.165) is 0 Å². The molecule has 0 bridgehead atoms. The molecule has 0 unspecified atom stereocenters. The summed E-state index contributed by atoms with van der Waals surface area (Å²) in [5.74, 6) is -4.58. The van der Waals surface area contributed by atoms with Crippen LogP contribution in [0.5, 0.6) is 5.75 Å². The van der Waals surface area contributed by atoms with Crippen LogP contribution >= 0.6 is 0 Å². The molecule has 0 aliphatic rings. The zero-order valence-corrected chi connectivity index (χ0v) is 16.1. The van der Waals surface area contributed by atoms with Gasteiger partial charge in [-0.2, -0.15) is 13.9 Å². The largest absolute Gasteiger partial charge is 0.485 e. The van der Waals surface area contributed by atoms with Gasteiger partial charge in [0.25, 0.3) is 0 Å².